The number of likely N-dealkylation sites (tertiary alicyclic amines) is 1. The van der Waals surface area contributed by atoms with Gasteiger partial charge in [-0.05, 0) is 62.9 Å². The largest absolute Gasteiger partial charge is 0.478 e. The topological polar surface area (TPSA) is 98.7 Å². The van der Waals surface area contributed by atoms with Gasteiger partial charge in [-0.3, -0.25) is 9.59 Å². The van der Waals surface area contributed by atoms with E-state index in [4.69, 9.17) is 0 Å². The van der Waals surface area contributed by atoms with E-state index in [-0.39, 0.29) is 41.4 Å². The Kier molecular flexibility index (Phi) is 8.67. The second-order valence-corrected chi connectivity index (χ2v) is 7.41. The molecule has 1 aromatic rings. The molecule has 2 amide bonds. The molecular formula is C21H28ClN3O4. The lowest BCUT2D eigenvalue weighted by molar-refractivity contribution is -0.130. The molecule has 8 heteroatoms. The Morgan fingerprint density at radius 2 is 1.86 bits per heavy atom. The molecule has 3 N–H and O–H groups in total. The van der Waals surface area contributed by atoms with E-state index in [1.807, 2.05) is 6.08 Å². The lowest BCUT2D eigenvalue weighted by Gasteiger charge is -2.31. The SMILES string of the molecule is Cl.O=C(O)c1ccccc1NC(=O)C1CCCN(C(=O)C=CC2CCNCC2)C1. The fourth-order valence-corrected chi connectivity index (χ4v) is 3.77. The van der Waals surface area contributed by atoms with Gasteiger partial charge >= 0.3 is 5.97 Å². The van der Waals surface area contributed by atoms with Gasteiger partial charge in [0.2, 0.25) is 11.8 Å². The predicted octanol–water partition coefficient (Wildman–Crippen LogP) is 2.54. The van der Waals surface area contributed by atoms with Crippen molar-refractivity contribution < 1.29 is 19.5 Å². The minimum atomic E-state index is -1.08. The number of amides is 2. The molecule has 1 atom stereocenters. The van der Waals surface area contributed by atoms with E-state index in [0.717, 1.165) is 32.4 Å². The first-order valence-electron chi connectivity index (χ1n) is 9.85. The second kappa shape index (κ2) is 11.0. The first-order chi connectivity index (χ1) is 13.5. The number of anilines is 1. The number of halogens is 1. The highest BCUT2D eigenvalue weighted by Crippen LogP contribution is 2.21. The third-order valence-corrected chi connectivity index (χ3v) is 5.41. The minimum Gasteiger partial charge on any atom is -0.478 e. The Labute approximate surface area is 176 Å². The number of aromatic carboxylic acids is 1. The summed E-state index contributed by atoms with van der Waals surface area (Å²) in [6.45, 7) is 2.96. The summed E-state index contributed by atoms with van der Waals surface area (Å²) >= 11 is 0. The monoisotopic (exact) mass is 421 g/mol. The summed E-state index contributed by atoms with van der Waals surface area (Å²) in [7, 11) is 0. The van der Waals surface area contributed by atoms with Crippen LogP contribution in [0.2, 0.25) is 0 Å². The summed E-state index contributed by atoms with van der Waals surface area (Å²) in [5, 5.41) is 15.3. The van der Waals surface area contributed by atoms with Gasteiger partial charge in [0.1, 0.15) is 0 Å². The molecule has 7 nitrogen and oxygen atoms in total. The zero-order valence-corrected chi connectivity index (χ0v) is 17.1. The van der Waals surface area contributed by atoms with Gasteiger partial charge in [-0.1, -0.05) is 18.2 Å². The zero-order valence-electron chi connectivity index (χ0n) is 16.3. The van der Waals surface area contributed by atoms with E-state index in [1.165, 1.54) is 6.07 Å². The molecule has 3 rings (SSSR count). The average molecular weight is 422 g/mol. The van der Waals surface area contributed by atoms with Crippen molar-refractivity contribution in [2.24, 2.45) is 11.8 Å². The van der Waals surface area contributed by atoms with Crippen LogP contribution in [0.5, 0.6) is 0 Å². The number of carboxylic acids is 1. The molecular weight excluding hydrogens is 394 g/mol. The molecule has 2 heterocycles. The van der Waals surface area contributed by atoms with Crippen molar-refractivity contribution in [3.05, 3.63) is 42.0 Å². The Bertz CT molecular complexity index is 762. The molecule has 1 aromatic carbocycles. The Balaban J connectivity index is 0.00000300. The number of rotatable bonds is 5. The molecule has 2 fully saturated rings. The van der Waals surface area contributed by atoms with Crippen LogP contribution in [0.1, 0.15) is 36.0 Å². The van der Waals surface area contributed by atoms with Crippen LogP contribution in [-0.2, 0) is 9.59 Å². The summed E-state index contributed by atoms with van der Waals surface area (Å²) in [5.41, 5.74) is 0.346. The summed E-state index contributed by atoms with van der Waals surface area (Å²) in [6.07, 6.45) is 7.16. The van der Waals surface area contributed by atoms with Gasteiger partial charge in [0, 0.05) is 13.1 Å². The van der Waals surface area contributed by atoms with E-state index in [9.17, 15) is 19.5 Å². The minimum absolute atomic E-state index is 0. The number of hydrogen-bond acceptors (Lipinski definition) is 4. The lowest BCUT2D eigenvalue weighted by atomic mass is 9.96. The van der Waals surface area contributed by atoms with Crippen molar-refractivity contribution in [1.29, 1.82) is 0 Å². The molecule has 0 spiro atoms. The van der Waals surface area contributed by atoms with Crippen molar-refractivity contribution >= 4 is 35.9 Å². The summed E-state index contributed by atoms with van der Waals surface area (Å²) in [4.78, 5) is 38.2. The van der Waals surface area contributed by atoms with Crippen LogP contribution in [0.25, 0.3) is 0 Å². The first-order valence-corrected chi connectivity index (χ1v) is 9.85. The average Bonchev–Trinajstić information content (AvgIpc) is 2.73. The fraction of sp³-hybridized carbons (Fsp3) is 0.476. The first kappa shape index (κ1) is 22.9. The maximum Gasteiger partial charge on any atom is 0.337 e. The number of carbonyl (C=O) groups is 3. The van der Waals surface area contributed by atoms with E-state index in [2.05, 4.69) is 10.6 Å². The molecule has 2 aliphatic rings. The number of carbonyl (C=O) groups excluding carboxylic acids is 2. The highest BCUT2D eigenvalue weighted by atomic mass is 35.5. The van der Waals surface area contributed by atoms with Gasteiger partial charge in [-0.2, -0.15) is 0 Å². The Morgan fingerprint density at radius 3 is 2.59 bits per heavy atom. The molecule has 0 aliphatic carbocycles. The van der Waals surface area contributed by atoms with Crippen molar-refractivity contribution in [3.63, 3.8) is 0 Å². The smallest absolute Gasteiger partial charge is 0.337 e. The van der Waals surface area contributed by atoms with Crippen LogP contribution in [0.4, 0.5) is 5.69 Å². The molecule has 0 radical (unpaired) electrons. The zero-order chi connectivity index (χ0) is 19.9. The molecule has 2 aliphatic heterocycles. The number of benzene rings is 1. The molecule has 0 bridgehead atoms. The normalized spacial score (nSPS) is 20.1. The number of nitrogens with zero attached hydrogens (tertiary/aromatic N) is 1. The third-order valence-electron chi connectivity index (χ3n) is 5.41. The van der Waals surface area contributed by atoms with Gasteiger partial charge in [0.05, 0.1) is 17.2 Å². The highest BCUT2D eigenvalue weighted by Gasteiger charge is 2.28. The van der Waals surface area contributed by atoms with Gasteiger partial charge in [0.25, 0.3) is 0 Å². The fourth-order valence-electron chi connectivity index (χ4n) is 3.77. The molecule has 158 valence electrons. The molecule has 2 saturated heterocycles. The number of hydrogen-bond donors (Lipinski definition) is 3. The number of allylic oxidation sites excluding steroid dienone is 1. The van der Waals surface area contributed by atoms with E-state index in [1.54, 1.807) is 29.2 Å². The second-order valence-electron chi connectivity index (χ2n) is 7.41. The Morgan fingerprint density at radius 1 is 1.14 bits per heavy atom. The lowest BCUT2D eigenvalue weighted by Crippen LogP contribution is -2.43. The Hall–Kier alpha value is -2.38. The summed E-state index contributed by atoms with van der Waals surface area (Å²) in [6, 6.07) is 6.34. The molecule has 29 heavy (non-hydrogen) atoms. The van der Waals surface area contributed by atoms with Crippen molar-refractivity contribution in [2.75, 3.05) is 31.5 Å². The standard InChI is InChI=1S/C21H27N3O4.ClH/c25-19(8-7-15-9-11-22-12-10-15)24-13-3-4-16(14-24)20(26)23-18-6-2-1-5-17(18)21(27)28;/h1-2,5-8,15-16,22H,3-4,9-14H2,(H,23,26)(H,27,28);1H. The molecule has 1 unspecified atom stereocenters. The van der Waals surface area contributed by atoms with Crippen molar-refractivity contribution in [3.8, 4) is 0 Å². The third kappa shape index (κ3) is 6.30. The highest BCUT2D eigenvalue weighted by molar-refractivity contribution is 6.01. The van der Waals surface area contributed by atoms with Crippen LogP contribution in [-0.4, -0.2) is 54.0 Å². The van der Waals surface area contributed by atoms with Crippen LogP contribution < -0.4 is 10.6 Å². The van der Waals surface area contributed by atoms with Crippen LogP contribution in [0.15, 0.2) is 36.4 Å². The van der Waals surface area contributed by atoms with E-state index < -0.39 is 5.97 Å². The van der Waals surface area contributed by atoms with Gasteiger partial charge in [0.15, 0.2) is 0 Å². The van der Waals surface area contributed by atoms with Crippen LogP contribution >= 0.6 is 12.4 Å². The number of para-hydroxylation sites is 1. The molecule has 0 aromatic heterocycles. The summed E-state index contributed by atoms with van der Waals surface area (Å²) in [5.74, 6) is -1.29. The summed E-state index contributed by atoms with van der Waals surface area (Å²) < 4.78 is 0. The van der Waals surface area contributed by atoms with Gasteiger partial charge < -0.3 is 20.6 Å². The van der Waals surface area contributed by atoms with E-state index >= 15 is 0 Å². The quantitative estimate of drug-likeness (QED) is 0.634. The number of piperidine rings is 2. The van der Waals surface area contributed by atoms with Crippen molar-refractivity contribution in [1.82, 2.24) is 10.2 Å². The molecule has 0 saturated carbocycles. The predicted molar refractivity (Wildman–Crippen MR) is 113 cm³/mol. The van der Waals surface area contributed by atoms with Gasteiger partial charge in [-0.15, -0.1) is 12.4 Å². The maximum absolute atomic E-state index is 12.6. The van der Waals surface area contributed by atoms with Crippen LogP contribution in [0.3, 0.4) is 0 Å². The maximum atomic E-state index is 12.6. The van der Waals surface area contributed by atoms with Gasteiger partial charge in [-0.25, -0.2) is 4.79 Å². The number of carboxylic acid groups (broad SMARTS) is 1. The van der Waals surface area contributed by atoms with Crippen molar-refractivity contribution in [2.45, 2.75) is 25.7 Å². The number of nitrogens with one attached hydrogen (secondary N) is 2. The van der Waals surface area contributed by atoms with Crippen LogP contribution in [0, 0.1) is 11.8 Å². The van der Waals surface area contributed by atoms with E-state index in [0.29, 0.717) is 25.4 Å².